The van der Waals surface area contributed by atoms with Crippen molar-refractivity contribution >= 4 is 29.9 Å². The molecule has 1 saturated heterocycles. The number of hydrogen-bond acceptors (Lipinski definition) is 5. The van der Waals surface area contributed by atoms with Gasteiger partial charge in [0.15, 0.2) is 6.10 Å². The van der Waals surface area contributed by atoms with E-state index in [1.54, 1.807) is 18.2 Å². The highest BCUT2D eigenvalue weighted by atomic mass is 35.5. The Kier molecular flexibility index (Phi) is 5.81. The van der Waals surface area contributed by atoms with Crippen LogP contribution in [-0.2, 0) is 9.59 Å². The second-order valence-electron chi connectivity index (χ2n) is 5.59. The summed E-state index contributed by atoms with van der Waals surface area (Å²) in [7, 11) is 0. The standard InChI is InChI=1S/C15H19N3O4.ClH/c19-11-8-16-6-9(11)7-17-14(20)5-13-15(21)18-10-3-1-2-4-12(10)22-13;/h1-4,9,11,13,16,19H,5-8H2,(H,17,20)(H,18,21);1H. The molecule has 3 rings (SSSR count). The van der Waals surface area contributed by atoms with E-state index in [1.807, 2.05) is 6.07 Å². The fraction of sp³-hybridized carbons (Fsp3) is 0.467. The lowest BCUT2D eigenvalue weighted by Crippen LogP contribution is -2.42. The summed E-state index contributed by atoms with van der Waals surface area (Å²) in [6, 6.07) is 7.11. The first-order chi connectivity index (χ1) is 10.6. The molecule has 0 aliphatic carbocycles. The molecule has 7 nitrogen and oxygen atoms in total. The maximum atomic E-state index is 12.0. The van der Waals surface area contributed by atoms with Crippen molar-refractivity contribution in [2.75, 3.05) is 25.0 Å². The number of amides is 2. The first kappa shape index (κ1) is 17.5. The van der Waals surface area contributed by atoms with Gasteiger partial charge in [0.25, 0.3) is 5.91 Å². The second-order valence-corrected chi connectivity index (χ2v) is 5.59. The first-order valence-corrected chi connectivity index (χ1v) is 7.35. The maximum absolute atomic E-state index is 12.0. The summed E-state index contributed by atoms with van der Waals surface area (Å²) in [6.07, 6.45) is -1.32. The number of aliphatic hydroxyl groups excluding tert-OH is 1. The van der Waals surface area contributed by atoms with Crippen LogP contribution < -0.4 is 20.7 Å². The molecule has 23 heavy (non-hydrogen) atoms. The van der Waals surface area contributed by atoms with E-state index in [1.165, 1.54) is 0 Å². The van der Waals surface area contributed by atoms with E-state index in [9.17, 15) is 14.7 Å². The lowest BCUT2D eigenvalue weighted by atomic mass is 10.1. The molecule has 1 aromatic rings. The van der Waals surface area contributed by atoms with Gasteiger partial charge in [0.1, 0.15) is 5.75 Å². The molecule has 3 unspecified atom stereocenters. The molecular weight excluding hydrogens is 322 g/mol. The summed E-state index contributed by atoms with van der Waals surface area (Å²) in [5.74, 6) is -0.0175. The van der Waals surface area contributed by atoms with E-state index in [0.717, 1.165) is 0 Å². The zero-order valence-electron chi connectivity index (χ0n) is 12.5. The molecule has 1 aromatic carbocycles. The normalized spacial score (nSPS) is 25.6. The van der Waals surface area contributed by atoms with Gasteiger partial charge in [0, 0.05) is 25.6 Å². The third kappa shape index (κ3) is 4.13. The summed E-state index contributed by atoms with van der Waals surface area (Å²) in [5, 5.41) is 18.2. The van der Waals surface area contributed by atoms with Crippen LogP contribution in [-0.4, -0.2) is 48.8 Å². The van der Waals surface area contributed by atoms with E-state index in [2.05, 4.69) is 16.0 Å². The van der Waals surface area contributed by atoms with Gasteiger partial charge in [-0.05, 0) is 12.1 Å². The van der Waals surface area contributed by atoms with Crippen molar-refractivity contribution < 1.29 is 19.4 Å². The third-order valence-corrected chi connectivity index (χ3v) is 3.94. The van der Waals surface area contributed by atoms with Crippen LogP contribution in [0.15, 0.2) is 24.3 Å². The van der Waals surface area contributed by atoms with Crippen LogP contribution in [0.1, 0.15) is 6.42 Å². The van der Waals surface area contributed by atoms with Gasteiger partial charge in [-0.3, -0.25) is 9.59 Å². The minimum Gasteiger partial charge on any atom is -0.478 e. The van der Waals surface area contributed by atoms with Gasteiger partial charge < -0.3 is 25.8 Å². The number of rotatable bonds is 4. The van der Waals surface area contributed by atoms with Gasteiger partial charge in [-0.1, -0.05) is 12.1 Å². The molecule has 8 heteroatoms. The monoisotopic (exact) mass is 341 g/mol. The smallest absolute Gasteiger partial charge is 0.266 e. The number of aliphatic hydroxyl groups is 1. The van der Waals surface area contributed by atoms with Gasteiger partial charge in [-0.2, -0.15) is 0 Å². The summed E-state index contributed by atoms with van der Waals surface area (Å²) in [5.41, 5.74) is 0.615. The van der Waals surface area contributed by atoms with Crippen LogP contribution >= 0.6 is 12.4 Å². The van der Waals surface area contributed by atoms with Crippen molar-refractivity contribution in [2.45, 2.75) is 18.6 Å². The number of fused-ring (bicyclic) bond motifs is 1. The topological polar surface area (TPSA) is 99.7 Å². The van der Waals surface area contributed by atoms with Gasteiger partial charge in [0.2, 0.25) is 5.91 Å². The zero-order chi connectivity index (χ0) is 15.5. The summed E-state index contributed by atoms with van der Waals surface area (Å²) in [6.45, 7) is 1.61. The number of para-hydroxylation sites is 2. The van der Waals surface area contributed by atoms with Crippen molar-refractivity contribution in [1.82, 2.24) is 10.6 Å². The molecule has 2 aliphatic heterocycles. The van der Waals surface area contributed by atoms with Gasteiger partial charge >= 0.3 is 0 Å². The zero-order valence-corrected chi connectivity index (χ0v) is 13.3. The largest absolute Gasteiger partial charge is 0.478 e. The van der Waals surface area contributed by atoms with Crippen LogP contribution in [0.25, 0.3) is 0 Å². The molecule has 2 heterocycles. The molecule has 1 fully saturated rings. The highest BCUT2D eigenvalue weighted by Crippen LogP contribution is 2.29. The fourth-order valence-corrected chi connectivity index (χ4v) is 2.64. The number of halogens is 1. The van der Waals surface area contributed by atoms with Crippen molar-refractivity contribution in [3.05, 3.63) is 24.3 Å². The second kappa shape index (κ2) is 7.63. The van der Waals surface area contributed by atoms with Crippen molar-refractivity contribution in [3.8, 4) is 5.75 Å². The van der Waals surface area contributed by atoms with Crippen molar-refractivity contribution in [3.63, 3.8) is 0 Å². The average molecular weight is 342 g/mol. The van der Waals surface area contributed by atoms with Crippen LogP contribution in [0.5, 0.6) is 5.75 Å². The number of nitrogens with one attached hydrogen (secondary N) is 3. The predicted molar refractivity (Wildman–Crippen MR) is 86.7 cm³/mol. The van der Waals surface area contributed by atoms with E-state index >= 15 is 0 Å². The highest BCUT2D eigenvalue weighted by molar-refractivity contribution is 5.99. The minimum atomic E-state index is -0.832. The Labute approximate surface area is 140 Å². The minimum absolute atomic E-state index is 0. The maximum Gasteiger partial charge on any atom is 0.266 e. The lowest BCUT2D eigenvalue weighted by Gasteiger charge is -2.25. The lowest BCUT2D eigenvalue weighted by molar-refractivity contribution is -0.130. The molecule has 0 bridgehead atoms. The third-order valence-electron chi connectivity index (χ3n) is 3.94. The molecule has 2 aliphatic rings. The number of ether oxygens (including phenoxy) is 1. The van der Waals surface area contributed by atoms with Crippen LogP contribution in [0, 0.1) is 5.92 Å². The Morgan fingerprint density at radius 2 is 2.13 bits per heavy atom. The Balaban J connectivity index is 0.00000192. The number of hydrogen-bond donors (Lipinski definition) is 4. The fourth-order valence-electron chi connectivity index (χ4n) is 2.64. The molecular formula is C15H20ClN3O4. The number of anilines is 1. The van der Waals surface area contributed by atoms with E-state index in [0.29, 0.717) is 31.1 Å². The van der Waals surface area contributed by atoms with Gasteiger partial charge in [-0.25, -0.2) is 0 Å². The molecule has 0 aromatic heterocycles. The van der Waals surface area contributed by atoms with Crippen LogP contribution in [0.4, 0.5) is 5.69 Å². The predicted octanol–water partition coefficient (Wildman–Crippen LogP) is -0.105. The molecule has 4 N–H and O–H groups in total. The Hall–Kier alpha value is -1.83. The van der Waals surface area contributed by atoms with Crippen LogP contribution in [0.3, 0.4) is 0 Å². The summed E-state index contributed by atoms with van der Waals surface area (Å²) in [4.78, 5) is 23.9. The van der Waals surface area contributed by atoms with Crippen LogP contribution in [0.2, 0.25) is 0 Å². The number of carbonyl (C=O) groups is 2. The molecule has 0 spiro atoms. The Morgan fingerprint density at radius 1 is 1.35 bits per heavy atom. The first-order valence-electron chi connectivity index (χ1n) is 7.35. The average Bonchev–Trinajstić information content (AvgIpc) is 2.91. The van der Waals surface area contributed by atoms with E-state index in [4.69, 9.17) is 4.74 Å². The molecule has 0 saturated carbocycles. The highest BCUT2D eigenvalue weighted by Gasteiger charge is 2.30. The Bertz CT molecular complexity index is 584. The molecule has 3 atom stereocenters. The van der Waals surface area contributed by atoms with E-state index in [-0.39, 0.29) is 36.6 Å². The number of benzene rings is 1. The number of β-amino-alcohol motifs (C(OH)–C–C–N with tert-alkyl or cyclic N) is 1. The van der Waals surface area contributed by atoms with E-state index < -0.39 is 12.2 Å². The Morgan fingerprint density at radius 3 is 2.87 bits per heavy atom. The summed E-state index contributed by atoms with van der Waals surface area (Å²) >= 11 is 0. The van der Waals surface area contributed by atoms with Gasteiger partial charge in [-0.15, -0.1) is 12.4 Å². The molecule has 126 valence electrons. The molecule has 0 radical (unpaired) electrons. The SMILES string of the molecule is Cl.O=C(CC1Oc2ccccc2NC1=O)NCC1CNCC1O. The number of carbonyl (C=O) groups excluding carboxylic acids is 2. The van der Waals surface area contributed by atoms with Gasteiger partial charge in [0.05, 0.1) is 18.2 Å². The quantitative estimate of drug-likeness (QED) is 0.612. The molecule has 2 amide bonds. The summed E-state index contributed by atoms with van der Waals surface area (Å²) < 4.78 is 5.57. The van der Waals surface area contributed by atoms with Crippen molar-refractivity contribution in [2.24, 2.45) is 5.92 Å². The van der Waals surface area contributed by atoms with Crippen molar-refractivity contribution in [1.29, 1.82) is 0 Å².